The zero-order chi connectivity index (χ0) is 21.0. The number of halogens is 3. The van der Waals surface area contributed by atoms with Gasteiger partial charge in [0.05, 0.1) is 30.7 Å². The highest BCUT2D eigenvalue weighted by atomic mass is 35.5. The number of nitrogens with zero attached hydrogens (tertiary/aromatic N) is 4. The summed E-state index contributed by atoms with van der Waals surface area (Å²) in [7, 11) is 0. The van der Waals surface area contributed by atoms with Crippen molar-refractivity contribution < 1.29 is 18.7 Å². The third-order valence-corrected chi connectivity index (χ3v) is 4.01. The number of aliphatic hydroxyl groups excluding tert-OH is 1. The molecule has 0 fully saturated rings. The van der Waals surface area contributed by atoms with E-state index in [9.17, 15) is 18.7 Å². The molecule has 0 saturated carbocycles. The van der Waals surface area contributed by atoms with E-state index in [0.717, 1.165) is 18.2 Å². The van der Waals surface area contributed by atoms with Gasteiger partial charge in [-0.05, 0) is 17.7 Å². The van der Waals surface area contributed by atoms with Crippen molar-refractivity contribution in [2.24, 2.45) is 5.73 Å². The van der Waals surface area contributed by atoms with E-state index in [-0.39, 0.29) is 28.9 Å². The molecule has 1 amide bonds. The van der Waals surface area contributed by atoms with E-state index in [0.29, 0.717) is 5.69 Å². The molecular formula is C17H16ClF2N7O2. The van der Waals surface area contributed by atoms with Gasteiger partial charge in [0.2, 0.25) is 11.9 Å². The molecule has 5 N–H and O–H groups in total. The fraction of sp³-hybridized carbons (Fsp3) is 0.176. The molecule has 1 atom stereocenters. The average Bonchev–Trinajstić information content (AvgIpc) is 3.07. The Hall–Kier alpha value is -3.31. The topological polar surface area (TPSA) is 131 Å². The van der Waals surface area contributed by atoms with Crippen molar-refractivity contribution in [2.45, 2.75) is 12.6 Å². The van der Waals surface area contributed by atoms with Gasteiger partial charge in [-0.3, -0.25) is 9.48 Å². The number of aliphatic hydroxyl groups is 1. The molecular weight excluding hydrogens is 408 g/mol. The van der Waals surface area contributed by atoms with Crippen molar-refractivity contribution in [1.29, 1.82) is 0 Å². The lowest BCUT2D eigenvalue weighted by Crippen LogP contribution is -2.18. The van der Waals surface area contributed by atoms with E-state index >= 15 is 0 Å². The third-order valence-electron chi connectivity index (χ3n) is 3.73. The molecule has 0 aliphatic rings. The molecule has 152 valence electrons. The second kappa shape index (κ2) is 8.80. The molecule has 29 heavy (non-hydrogen) atoms. The summed E-state index contributed by atoms with van der Waals surface area (Å²) < 4.78 is 28.3. The monoisotopic (exact) mass is 423 g/mol. The Morgan fingerprint density at radius 1 is 1.28 bits per heavy atom. The van der Waals surface area contributed by atoms with Crippen LogP contribution in [0.4, 0.5) is 26.2 Å². The average molecular weight is 424 g/mol. The predicted octanol–water partition coefficient (Wildman–Crippen LogP) is 1.98. The van der Waals surface area contributed by atoms with Gasteiger partial charge in [-0.1, -0.05) is 11.6 Å². The number of hydrogen-bond donors (Lipinski definition) is 4. The SMILES string of the molecule is NC(=O)Cn1cc(Nc2ncc(Cl)c(NC(CO)c3cc(F)cc(F)c3)n2)cn1. The summed E-state index contributed by atoms with van der Waals surface area (Å²) in [6.07, 6.45) is 4.29. The first-order valence-corrected chi connectivity index (χ1v) is 8.65. The Bertz CT molecular complexity index is 1010. The molecule has 0 spiro atoms. The minimum absolute atomic E-state index is 0.0850. The van der Waals surface area contributed by atoms with Crippen LogP contribution in [0, 0.1) is 11.6 Å². The normalized spacial score (nSPS) is 11.9. The van der Waals surface area contributed by atoms with E-state index in [1.54, 1.807) is 0 Å². The van der Waals surface area contributed by atoms with Crippen molar-refractivity contribution >= 4 is 35.0 Å². The first-order chi connectivity index (χ1) is 13.8. The van der Waals surface area contributed by atoms with Crippen LogP contribution in [0.25, 0.3) is 0 Å². The van der Waals surface area contributed by atoms with E-state index in [1.165, 1.54) is 23.3 Å². The summed E-state index contributed by atoms with van der Waals surface area (Å²) in [5.74, 6) is -1.82. The number of hydrogen-bond acceptors (Lipinski definition) is 7. The van der Waals surface area contributed by atoms with Gasteiger partial charge in [-0.2, -0.15) is 10.1 Å². The van der Waals surface area contributed by atoms with Crippen molar-refractivity contribution in [3.8, 4) is 0 Å². The van der Waals surface area contributed by atoms with Gasteiger partial charge >= 0.3 is 0 Å². The molecule has 9 nitrogen and oxygen atoms in total. The largest absolute Gasteiger partial charge is 0.394 e. The molecule has 1 unspecified atom stereocenters. The number of amides is 1. The summed E-state index contributed by atoms with van der Waals surface area (Å²) in [6.45, 7) is -0.551. The second-order valence-electron chi connectivity index (χ2n) is 5.99. The molecule has 0 saturated heterocycles. The Labute approximate surface area is 168 Å². The molecule has 12 heteroatoms. The predicted molar refractivity (Wildman–Crippen MR) is 102 cm³/mol. The standard InChI is InChI=1S/C17H16ClF2N7O2/c18-13-5-22-17(24-12-4-23-27(6-12)7-15(21)29)26-16(13)25-14(8-28)9-1-10(19)3-11(20)2-9/h1-6,14,28H,7-8H2,(H2,21,29)(H2,22,24,25,26). The number of aromatic nitrogens is 4. The maximum atomic E-state index is 13.5. The molecule has 0 aliphatic heterocycles. The van der Waals surface area contributed by atoms with Crippen LogP contribution in [0.15, 0.2) is 36.8 Å². The third kappa shape index (κ3) is 5.36. The van der Waals surface area contributed by atoms with Crippen LogP contribution >= 0.6 is 11.6 Å². The van der Waals surface area contributed by atoms with E-state index in [1.807, 2.05) is 0 Å². The minimum Gasteiger partial charge on any atom is -0.394 e. The molecule has 3 aromatic rings. The molecule has 0 bridgehead atoms. The van der Waals surface area contributed by atoms with Crippen LogP contribution in [0.1, 0.15) is 11.6 Å². The Morgan fingerprint density at radius 3 is 2.66 bits per heavy atom. The molecule has 0 aliphatic carbocycles. The number of nitrogens with two attached hydrogens (primary N) is 1. The number of carbonyl (C=O) groups is 1. The first-order valence-electron chi connectivity index (χ1n) is 8.27. The van der Waals surface area contributed by atoms with E-state index in [4.69, 9.17) is 17.3 Å². The number of rotatable bonds is 8. The lowest BCUT2D eigenvalue weighted by Gasteiger charge is -2.18. The number of benzene rings is 1. The molecule has 3 rings (SSSR count). The van der Waals surface area contributed by atoms with Gasteiger partial charge in [-0.25, -0.2) is 13.8 Å². The van der Waals surface area contributed by atoms with Gasteiger partial charge in [0.25, 0.3) is 0 Å². The van der Waals surface area contributed by atoms with Gasteiger partial charge in [0.1, 0.15) is 23.2 Å². The highest BCUT2D eigenvalue weighted by Gasteiger charge is 2.16. The van der Waals surface area contributed by atoms with Crippen LogP contribution in [0.2, 0.25) is 5.02 Å². The lowest BCUT2D eigenvalue weighted by molar-refractivity contribution is -0.118. The molecule has 2 aromatic heterocycles. The van der Waals surface area contributed by atoms with Crippen molar-refractivity contribution in [3.05, 3.63) is 59.0 Å². The van der Waals surface area contributed by atoms with Gasteiger partial charge in [-0.15, -0.1) is 0 Å². The smallest absolute Gasteiger partial charge is 0.239 e. The maximum absolute atomic E-state index is 13.5. The number of nitrogens with one attached hydrogen (secondary N) is 2. The summed E-state index contributed by atoms with van der Waals surface area (Å²) in [5.41, 5.74) is 5.79. The highest BCUT2D eigenvalue weighted by Crippen LogP contribution is 2.26. The van der Waals surface area contributed by atoms with Crippen molar-refractivity contribution in [2.75, 3.05) is 17.2 Å². The second-order valence-corrected chi connectivity index (χ2v) is 6.40. The minimum atomic E-state index is -0.862. The summed E-state index contributed by atoms with van der Waals surface area (Å²) in [5, 5.41) is 19.4. The summed E-state index contributed by atoms with van der Waals surface area (Å²) in [6, 6.07) is 2.06. The van der Waals surface area contributed by atoms with Crippen LogP contribution in [0.5, 0.6) is 0 Å². The number of anilines is 3. The zero-order valence-electron chi connectivity index (χ0n) is 14.8. The molecule has 0 radical (unpaired) electrons. The fourth-order valence-corrected chi connectivity index (χ4v) is 2.65. The van der Waals surface area contributed by atoms with Crippen LogP contribution in [0.3, 0.4) is 0 Å². The van der Waals surface area contributed by atoms with E-state index in [2.05, 4.69) is 25.7 Å². The number of primary amides is 1. The molecule has 2 heterocycles. The highest BCUT2D eigenvalue weighted by molar-refractivity contribution is 6.32. The number of carbonyl (C=O) groups excluding carboxylic acids is 1. The first kappa shape index (κ1) is 20.4. The van der Waals surface area contributed by atoms with Gasteiger partial charge < -0.3 is 21.5 Å². The zero-order valence-corrected chi connectivity index (χ0v) is 15.6. The summed E-state index contributed by atoms with van der Waals surface area (Å²) in [4.78, 5) is 19.2. The lowest BCUT2D eigenvalue weighted by atomic mass is 10.1. The Balaban J connectivity index is 1.79. The van der Waals surface area contributed by atoms with E-state index < -0.39 is 30.2 Å². The maximum Gasteiger partial charge on any atom is 0.239 e. The quantitative estimate of drug-likeness (QED) is 0.435. The van der Waals surface area contributed by atoms with Crippen molar-refractivity contribution in [1.82, 2.24) is 19.7 Å². The Morgan fingerprint density at radius 2 is 2.00 bits per heavy atom. The van der Waals surface area contributed by atoms with Gasteiger partial charge in [0.15, 0.2) is 5.82 Å². The summed E-state index contributed by atoms with van der Waals surface area (Å²) >= 11 is 6.10. The van der Waals surface area contributed by atoms with Gasteiger partial charge in [0, 0.05) is 12.3 Å². The van der Waals surface area contributed by atoms with Crippen LogP contribution in [-0.2, 0) is 11.3 Å². The Kier molecular flexibility index (Phi) is 6.20. The fourth-order valence-electron chi connectivity index (χ4n) is 2.51. The van der Waals surface area contributed by atoms with Crippen LogP contribution in [-0.4, -0.2) is 37.4 Å². The molecule has 1 aromatic carbocycles. The van der Waals surface area contributed by atoms with Crippen molar-refractivity contribution in [3.63, 3.8) is 0 Å². The van der Waals surface area contributed by atoms with Crippen LogP contribution < -0.4 is 16.4 Å².